The van der Waals surface area contributed by atoms with Crippen LogP contribution in [0.15, 0.2) is 6.58 Å². The summed E-state index contributed by atoms with van der Waals surface area (Å²) in [6.45, 7) is 11.8. The van der Waals surface area contributed by atoms with Gasteiger partial charge in [0.1, 0.15) is 0 Å². The minimum absolute atomic E-state index is 0.252. The van der Waals surface area contributed by atoms with E-state index in [4.69, 9.17) is 3.87 Å². The standard InChI is InChI=1S/C4H12NSi.C3H5.Co.O/c1-3-5-4-6-2;1-3-2;;/h5H,1,3-4,6H2,2H3;1H2,2H3;;/q2*-1;;. The second-order valence-corrected chi connectivity index (χ2v) is 3.10. The van der Waals surface area contributed by atoms with Crippen LogP contribution in [0.2, 0.25) is 6.55 Å². The van der Waals surface area contributed by atoms with Gasteiger partial charge in [-0.05, 0) is 6.17 Å². The molecule has 0 aliphatic rings. The second kappa shape index (κ2) is 31.9. The summed E-state index contributed by atoms with van der Waals surface area (Å²) in [5.74, 6) is 0. The molecule has 0 unspecified atom stereocenters. The third-order valence-corrected chi connectivity index (χ3v) is 1.46. The molecule has 0 aromatic rings. The maximum atomic E-state index is 7.94. The molecule has 0 radical (unpaired) electrons. The molecular weight excluding hydrogens is 201 g/mol. The van der Waals surface area contributed by atoms with Crippen molar-refractivity contribution in [2.45, 2.75) is 13.5 Å². The molecule has 0 aliphatic heterocycles. The molecule has 0 heterocycles. The van der Waals surface area contributed by atoms with Crippen molar-refractivity contribution in [2.75, 3.05) is 12.7 Å². The second-order valence-electron chi connectivity index (χ2n) is 1.60. The summed E-state index contributed by atoms with van der Waals surface area (Å²) in [6, 6.07) is 0. The zero-order chi connectivity index (χ0) is 9.54. The number of hydrogen-bond acceptors (Lipinski definition) is 2. The quantitative estimate of drug-likeness (QED) is 0.423. The van der Waals surface area contributed by atoms with Gasteiger partial charge in [-0.1, -0.05) is 6.55 Å². The van der Waals surface area contributed by atoms with Gasteiger partial charge in [-0.25, -0.2) is 0 Å². The molecule has 1 N–H and O–H groups in total. The van der Waals surface area contributed by atoms with E-state index in [1.165, 1.54) is 6.17 Å². The third kappa shape index (κ3) is 66.5. The van der Waals surface area contributed by atoms with Gasteiger partial charge >= 0.3 is 19.5 Å². The van der Waals surface area contributed by atoms with Crippen LogP contribution in [0.25, 0.3) is 0 Å². The molecule has 0 aromatic carbocycles. The first kappa shape index (κ1) is 17.3. The average Bonchev–Trinajstić information content (AvgIpc) is 2.06. The molecule has 0 rings (SSSR count). The van der Waals surface area contributed by atoms with E-state index >= 15 is 0 Å². The van der Waals surface area contributed by atoms with Gasteiger partial charge in [0.05, 0.1) is 0 Å². The fourth-order valence-corrected chi connectivity index (χ4v) is 0.905. The van der Waals surface area contributed by atoms with Gasteiger partial charge in [0.2, 0.25) is 0 Å². The van der Waals surface area contributed by atoms with E-state index in [1.54, 1.807) is 6.92 Å². The SMILES string of the molecule is C=[C-]C.[CH2-]CNC[SiH2]C.[O]=[Co]. The molecule has 0 fully saturated rings. The Balaban J connectivity index is -0.000000109. The predicted octanol–water partition coefficient (Wildman–Crippen LogP) is 0.459. The van der Waals surface area contributed by atoms with Gasteiger partial charge in [-0.3, -0.25) is 6.58 Å². The summed E-state index contributed by atoms with van der Waals surface area (Å²) >= 11 is 2.31. The van der Waals surface area contributed by atoms with Crippen molar-refractivity contribution in [3.63, 3.8) is 0 Å². The van der Waals surface area contributed by atoms with Gasteiger partial charge in [-0.15, -0.1) is 6.54 Å². The van der Waals surface area contributed by atoms with Crippen molar-refractivity contribution >= 4 is 9.52 Å². The Labute approximate surface area is 80.4 Å². The number of nitrogens with one attached hydrogen (secondary N) is 1. The Hall–Kier alpha value is 0.223. The summed E-state index contributed by atoms with van der Waals surface area (Å²) in [5.41, 5.74) is 0. The fraction of sp³-hybridized carbons (Fsp3) is 0.571. The maximum absolute atomic E-state index is 7.94. The zero-order valence-electron chi connectivity index (χ0n) is 7.28. The van der Waals surface area contributed by atoms with Crippen LogP contribution in [-0.4, -0.2) is 22.2 Å². The minimum atomic E-state index is 0.252. The summed E-state index contributed by atoms with van der Waals surface area (Å²) in [6.07, 6.45) is 3.74. The molecule has 71 valence electrons. The monoisotopic (exact) mass is 218 g/mol. The molecule has 0 aliphatic carbocycles. The van der Waals surface area contributed by atoms with Crippen LogP contribution in [0, 0.1) is 13.0 Å². The fourth-order valence-electron chi connectivity index (χ4n) is 0.302. The first-order chi connectivity index (χ1) is 5.33. The summed E-state index contributed by atoms with van der Waals surface area (Å²) in [4.78, 5) is 0. The van der Waals surface area contributed by atoms with Gasteiger partial charge < -0.3 is 18.3 Å². The van der Waals surface area contributed by atoms with E-state index in [9.17, 15) is 0 Å². The van der Waals surface area contributed by atoms with Crippen LogP contribution in [0.3, 0.4) is 0 Å². The molecule has 0 saturated carbocycles. The molecular formula is C7H17CoNOSi-2. The normalized spacial score (nSPS) is 7.64. The van der Waals surface area contributed by atoms with Crippen LogP contribution < -0.4 is 5.32 Å². The molecule has 0 bridgehead atoms. The average molecular weight is 218 g/mol. The Kier molecular flexibility index (Phi) is 50.3. The van der Waals surface area contributed by atoms with Crippen molar-refractivity contribution in [3.05, 3.63) is 19.6 Å². The van der Waals surface area contributed by atoms with E-state index in [-0.39, 0.29) is 9.52 Å². The first-order valence-electron chi connectivity index (χ1n) is 3.40. The number of rotatable bonds is 3. The molecule has 0 spiro atoms. The molecule has 2 nitrogen and oxygen atoms in total. The molecule has 0 saturated heterocycles. The summed E-state index contributed by atoms with van der Waals surface area (Å²) in [7, 11) is 0.252. The Morgan fingerprint density at radius 3 is 2.18 bits per heavy atom. The Bertz CT molecular complexity index is 60.4. The van der Waals surface area contributed by atoms with Crippen LogP contribution in [0.4, 0.5) is 0 Å². The first-order valence-corrected chi connectivity index (χ1v) is 6.24. The molecule has 0 atom stereocenters. The van der Waals surface area contributed by atoms with Crippen molar-refractivity contribution in [2.24, 2.45) is 0 Å². The Morgan fingerprint density at radius 2 is 2.09 bits per heavy atom. The van der Waals surface area contributed by atoms with Crippen LogP contribution in [0.1, 0.15) is 6.92 Å². The van der Waals surface area contributed by atoms with Gasteiger partial charge in [0.15, 0.2) is 0 Å². The van der Waals surface area contributed by atoms with E-state index in [1.807, 2.05) is 0 Å². The van der Waals surface area contributed by atoms with E-state index in [0.717, 1.165) is 6.54 Å². The van der Waals surface area contributed by atoms with E-state index in [2.05, 4.69) is 47.1 Å². The van der Waals surface area contributed by atoms with E-state index < -0.39 is 0 Å². The number of hydrogen-bond donors (Lipinski definition) is 1. The molecule has 11 heavy (non-hydrogen) atoms. The van der Waals surface area contributed by atoms with Gasteiger partial charge in [0.25, 0.3) is 0 Å². The zero-order valence-corrected chi connectivity index (χ0v) is 9.73. The topological polar surface area (TPSA) is 29.1 Å². The summed E-state index contributed by atoms with van der Waals surface area (Å²) < 4.78 is 7.94. The van der Waals surface area contributed by atoms with Crippen LogP contribution in [-0.2, 0) is 19.5 Å². The molecule has 0 amide bonds. The Morgan fingerprint density at radius 1 is 1.73 bits per heavy atom. The van der Waals surface area contributed by atoms with Gasteiger partial charge in [-0.2, -0.15) is 6.92 Å². The van der Waals surface area contributed by atoms with Crippen LogP contribution in [0.5, 0.6) is 0 Å². The van der Waals surface area contributed by atoms with Crippen LogP contribution >= 0.6 is 0 Å². The van der Waals surface area contributed by atoms with Crippen molar-refractivity contribution in [1.82, 2.24) is 5.32 Å². The van der Waals surface area contributed by atoms with Crippen molar-refractivity contribution in [3.8, 4) is 0 Å². The van der Waals surface area contributed by atoms with E-state index in [0.29, 0.717) is 0 Å². The number of allylic oxidation sites excluding steroid dienone is 1. The molecule has 0 aromatic heterocycles. The molecule has 4 heteroatoms. The summed E-state index contributed by atoms with van der Waals surface area (Å²) in [5, 5.41) is 3.15. The predicted molar refractivity (Wildman–Crippen MR) is 47.9 cm³/mol. The van der Waals surface area contributed by atoms with Gasteiger partial charge in [0, 0.05) is 9.52 Å². The van der Waals surface area contributed by atoms with Crippen molar-refractivity contribution in [1.29, 1.82) is 0 Å². The van der Waals surface area contributed by atoms with Crippen molar-refractivity contribution < 1.29 is 19.5 Å². The third-order valence-electron chi connectivity index (χ3n) is 0.604.